The number of nitrogens with zero attached hydrogens (tertiary/aromatic N) is 3. The van der Waals surface area contributed by atoms with Crippen molar-refractivity contribution in [2.45, 2.75) is 32.1 Å². The number of likely N-dealkylation sites (tertiary alicyclic amines) is 1. The summed E-state index contributed by atoms with van der Waals surface area (Å²) in [6, 6.07) is 10.5. The molecule has 1 N–H and O–H groups in total. The van der Waals surface area contributed by atoms with Crippen molar-refractivity contribution in [1.82, 2.24) is 15.2 Å². The Hall–Kier alpha value is -1.37. The van der Waals surface area contributed by atoms with Gasteiger partial charge in [-0.15, -0.1) is 24.0 Å². The molecule has 0 atom stereocenters. The molecule has 4 nitrogen and oxygen atoms in total. The summed E-state index contributed by atoms with van der Waals surface area (Å²) >= 11 is 0. The summed E-state index contributed by atoms with van der Waals surface area (Å²) in [6.07, 6.45) is 8.39. The monoisotopic (exact) mass is 450 g/mol. The van der Waals surface area contributed by atoms with Gasteiger partial charge in [0, 0.05) is 38.3 Å². The van der Waals surface area contributed by atoms with Crippen LogP contribution in [0.2, 0.25) is 0 Å². The fourth-order valence-corrected chi connectivity index (χ4v) is 4.21. The van der Waals surface area contributed by atoms with Crippen molar-refractivity contribution in [3.63, 3.8) is 0 Å². The molecule has 1 saturated heterocycles. The quantitative estimate of drug-likeness (QED) is 0.439. The Morgan fingerprint density at radius 1 is 1.24 bits per heavy atom. The Morgan fingerprint density at radius 2 is 2.08 bits per heavy atom. The lowest BCUT2D eigenvalue weighted by molar-refractivity contribution is 0.151. The predicted octanol–water partition coefficient (Wildman–Crippen LogP) is 3.85. The highest BCUT2D eigenvalue weighted by atomic mass is 127. The molecule has 4 rings (SSSR count). The lowest BCUT2D eigenvalue weighted by Crippen LogP contribution is -2.43. The van der Waals surface area contributed by atoms with Gasteiger partial charge >= 0.3 is 0 Å². The van der Waals surface area contributed by atoms with Crippen molar-refractivity contribution in [2.75, 3.05) is 26.7 Å². The zero-order valence-corrected chi connectivity index (χ0v) is 17.2. The molecule has 0 radical (unpaired) electrons. The van der Waals surface area contributed by atoms with Crippen LogP contribution in [-0.4, -0.2) is 42.5 Å². The van der Waals surface area contributed by atoms with Gasteiger partial charge in [-0.2, -0.15) is 0 Å². The standard InChI is InChI=1S/C20H26N4.HI/c1-21-19(24-14-11-20(15-24)9-4-10-20)23-13-8-17-6-2-5-16-7-3-12-22-18(16)17;/h2-3,5-7,12H,4,8-11,13-15H2,1H3,(H,21,23);1H. The van der Waals surface area contributed by atoms with Crippen LogP contribution in [0.15, 0.2) is 41.5 Å². The number of halogens is 1. The fraction of sp³-hybridized carbons (Fsp3) is 0.500. The van der Waals surface area contributed by atoms with Crippen LogP contribution in [-0.2, 0) is 6.42 Å². The summed E-state index contributed by atoms with van der Waals surface area (Å²) < 4.78 is 0. The topological polar surface area (TPSA) is 40.5 Å². The third kappa shape index (κ3) is 3.76. The van der Waals surface area contributed by atoms with E-state index in [0.29, 0.717) is 5.41 Å². The van der Waals surface area contributed by atoms with E-state index >= 15 is 0 Å². The first-order chi connectivity index (χ1) is 11.8. The summed E-state index contributed by atoms with van der Waals surface area (Å²) in [4.78, 5) is 11.5. The van der Waals surface area contributed by atoms with Crippen molar-refractivity contribution in [2.24, 2.45) is 10.4 Å². The summed E-state index contributed by atoms with van der Waals surface area (Å²) in [5.74, 6) is 1.06. The van der Waals surface area contributed by atoms with E-state index in [4.69, 9.17) is 0 Å². The van der Waals surface area contributed by atoms with Crippen LogP contribution in [0.5, 0.6) is 0 Å². The largest absolute Gasteiger partial charge is 0.356 e. The average Bonchev–Trinajstić information content (AvgIpc) is 3.05. The first-order valence-corrected chi connectivity index (χ1v) is 9.08. The highest BCUT2D eigenvalue weighted by Crippen LogP contribution is 2.47. The highest BCUT2D eigenvalue weighted by Gasteiger charge is 2.43. The lowest BCUT2D eigenvalue weighted by Gasteiger charge is -2.38. The number of fused-ring (bicyclic) bond motifs is 1. The van der Waals surface area contributed by atoms with Gasteiger partial charge in [0.05, 0.1) is 5.52 Å². The molecule has 1 aromatic carbocycles. The number of hydrogen-bond acceptors (Lipinski definition) is 2. The van der Waals surface area contributed by atoms with Gasteiger partial charge in [0.25, 0.3) is 0 Å². The lowest BCUT2D eigenvalue weighted by atomic mass is 9.68. The number of para-hydroxylation sites is 1. The van der Waals surface area contributed by atoms with E-state index in [0.717, 1.165) is 31.0 Å². The number of aliphatic imine (C=N–C) groups is 1. The molecule has 2 aliphatic rings. The van der Waals surface area contributed by atoms with Crippen LogP contribution >= 0.6 is 24.0 Å². The summed E-state index contributed by atoms with van der Waals surface area (Å²) in [6.45, 7) is 3.23. The van der Waals surface area contributed by atoms with Crippen molar-refractivity contribution in [3.05, 3.63) is 42.1 Å². The zero-order chi connectivity index (χ0) is 16.4. The molecule has 1 aliphatic carbocycles. The van der Waals surface area contributed by atoms with Crippen LogP contribution in [0, 0.1) is 5.41 Å². The zero-order valence-electron chi connectivity index (χ0n) is 14.9. The van der Waals surface area contributed by atoms with E-state index < -0.39 is 0 Å². The first kappa shape index (κ1) is 18.4. The van der Waals surface area contributed by atoms with Crippen LogP contribution in [0.1, 0.15) is 31.2 Å². The van der Waals surface area contributed by atoms with Gasteiger partial charge in [0.1, 0.15) is 0 Å². The third-order valence-corrected chi connectivity index (χ3v) is 5.76. The molecule has 1 saturated carbocycles. The second-order valence-corrected chi connectivity index (χ2v) is 7.24. The molecule has 2 heterocycles. The average molecular weight is 450 g/mol. The minimum atomic E-state index is 0. The van der Waals surface area contributed by atoms with Crippen LogP contribution in [0.4, 0.5) is 0 Å². The van der Waals surface area contributed by atoms with E-state index in [-0.39, 0.29) is 24.0 Å². The SMILES string of the molecule is CN=C(NCCc1cccc2cccnc12)N1CCC2(CCC2)C1.I. The number of pyridine rings is 1. The van der Waals surface area contributed by atoms with Gasteiger partial charge in [-0.05, 0) is 42.7 Å². The molecule has 0 amide bonds. The molecular formula is C20H27IN4. The highest BCUT2D eigenvalue weighted by molar-refractivity contribution is 14.0. The van der Waals surface area contributed by atoms with Crippen molar-refractivity contribution < 1.29 is 0 Å². The maximum Gasteiger partial charge on any atom is 0.193 e. The molecule has 1 spiro atoms. The normalized spacial score (nSPS) is 18.9. The number of guanidine groups is 1. The van der Waals surface area contributed by atoms with E-state index in [9.17, 15) is 0 Å². The summed E-state index contributed by atoms with van der Waals surface area (Å²) in [5, 5.41) is 4.77. The molecule has 1 aromatic heterocycles. The molecular weight excluding hydrogens is 423 g/mol. The molecule has 5 heteroatoms. The summed E-state index contributed by atoms with van der Waals surface area (Å²) in [5.41, 5.74) is 3.02. The Kier molecular flexibility index (Phi) is 5.81. The van der Waals surface area contributed by atoms with Gasteiger partial charge in [-0.3, -0.25) is 9.98 Å². The van der Waals surface area contributed by atoms with Gasteiger partial charge in [0.15, 0.2) is 5.96 Å². The van der Waals surface area contributed by atoms with Crippen molar-refractivity contribution in [3.8, 4) is 0 Å². The number of hydrogen-bond donors (Lipinski definition) is 1. The van der Waals surface area contributed by atoms with E-state index in [1.165, 1.54) is 43.2 Å². The summed E-state index contributed by atoms with van der Waals surface area (Å²) in [7, 11) is 1.90. The smallest absolute Gasteiger partial charge is 0.193 e. The molecule has 0 bridgehead atoms. The predicted molar refractivity (Wildman–Crippen MR) is 115 cm³/mol. The third-order valence-electron chi connectivity index (χ3n) is 5.76. The second-order valence-electron chi connectivity index (χ2n) is 7.24. The Bertz CT molecular complexity index is 749. The Labute approximate surface area is 167 Å². The maximum atomic E-state index is 4.55. The number of rotatable bonds is 3. The Balaban J connectivity index is 0.00000182. The molecule has 134 valence electrons. The number of aromatic nitrogens is 1. The number of nitrogens with one attached hydrogen (secondary N) is 1. The minimum absolute atomic E-state index is 0. The Morgan fingerprint density at radius 3 is 2.80 bits per heavy atom. The van der Waals surface area contributed by atoms with Gasteiger partial charge < -0.3 is 10.2 Å². The molecule has 0 unspecified atom stereocenters. The molecule has 1 aliphatic heterocycles. The second kappa shape index (κ2) is 7.89. The number of benzene rings is 1. The fourth-order valence-electron chi connectivity index (χ4n) is 4.21. The van der Waals surface area contributed by atoms with Gasteiger partial charge in [0.2, 0.25) is 0 Å². The van der Waals surface area contributed by atoms with E-state index in [1.807, 2.05) is 19.3 Å². The van der Waals surface area contributed by atoms with Crippen molar-refractivity contribution in [1.29, 1.82) is 0 Å². The first-order valence-electron chi connectivity index (χ1n) is 9.08. The minimum Gasteiger partial charge on any atom is -0.356 e. The van der Waals surface area contributed by atoms with Crippen LogP contribution in [0.3, 0.4) is 0 Å². The van der Waals surface area contributed by atoms with E-state index in [2.05, 4.69) is 44.5 Å². The molecule has 2 aromatic rings. The maximum absolute atomic E-state index is 4.55. The van der Waals surface area contributed by atoms with Crippen molar-refractivity contribution >= 4 is 40.8 Å². The van der Waals surface area contributed by atoms with E-state index in [1.54, 1.807) is 0 Å². The van der Waals surface area contributed by atoms with Crippen LogP contribution < -0.4 is 5.32 Å². The molecule has 2 fully saturated rings. The molecule has 25 heavy (non-hydrogen) atoms. The van der Waals surface area contributed by atoms with Gasteiger partial charge in [-0.1, -0.05) is 30.7 Å². The van der Waals surface area contributed by atoms with Gasteiger partial charge in [-0.25, -0.2) is 0 Å². The van der Waals surface area contributed by atoms with Crippen LogP contribution in [0.25, 0.3) is 10.9 Å².